The zero-order valence-corrected chi connectivity index (χ0v) is 10.1. The fourth-order valence-corrected chi connectivity index (χ4v) is 0.680. The van der Waals surface area contributed by atoms with E-state index in [-0.39, 0.29) is 21.1 Å². The average molecular weight is 276 g/mol. The van der Waals surface area contributed by atoms with Gasteiger partial charge in [0.1, 0.15) is 0 Å². The molecule has 1 radical (unpaired) electrons. The summed E-state index contributed by atoms with van der Waals surface area (Å²) in [5.41, 5.74) is 0. The second-order valence-corrected chi connectivity index (χ2v) is 2.01. The molecule has 0 aromatic carbocycles. The third kappa shape index (κ3) is 11.9. The fourth-order valence-electron chi connectivity index (χ4n) is 0.680. The van der Waals surface area contributed by atoms with Gasteiger partial charge in [-0.05, 0) is 0 Å². The van der Waals surface area contributed by atoms with Gasteiger partial charge in [-0.3, -0.25) is 18.5 Å². The summed E-state index contributed by atoms with van der Waals surface area (Å²) in [5.74, 6) is 0. The van der Waals surface area contributed by atoms with Gasteiger partial charge in [-0.1, -0.05) is 0 Å². The van der Waals surface area contributed by atoms with E-state index in [1.807, 2.05) is 24.3 Å². The molecule has 0 spiro atoms. The molecule has 0 fully saturated rings. The van der Waals surface area contributed by atoms with Crippen LogP contribution in [-0.4, -0.2) is 0 Å². The number of hydrogen-bond acceptors (Lipinski definition) is 0. The van der Waals surface area contributed by atoms with Crippen molar-refractivity contribution >= 4 is 11.6 Å². The predicted octanol–water partition coefficient (Wildman–Crippen LogP) is 3.63. The topological polar surface area (TPSA) is 0 Å². The van der Waals surface area contributed by atoms with E-state index < -0.39 is 0 Å². The van der Waals surface area contributed by atoms with Crippen LogP contribution in [0.5, 0.6) is 0 Å². The van der Waals surface area contributed by atoms with Gasteiger partial charge in [0.15, 0.2) is 0 Å². The maximum atomic E-state index is 4.39. The van der Waals surface area contributed by atoms with Gasteiger partial charge in [0.2, 0.25) is 0 Å². The van der Waals surface area contributed by atoms with E-state index in [0.717, 1.165) is 12.8 Å². The average Bonchev–Trinajstić information content (AvgIpc) is 2.87. The molecule has 0 heterocycles. The van der Waals surface area contributed by atoms with E-state index in [1.54, 1.807) is 0 Å². The van der Waals surface area contributed by atoms with Crippen molar-refractivity contribution < 1.29 is 21.1 Å². The quantitative estimate of drug-likeness (QED) is 0.468. The summed E-state index contributed by atoms with van der Waals surface area (Å²) in [6.07, 6.45) is 22.7. The first-order chi connectivity index (χ1) is 6.00. The molecule has 0 aliphatic heterocycles. The molecule has 0 aromatic rings. The van der Waals surface area contributed by atoms with E-state index in [9.17, 15) is 0 Å². The summed E-state index contributed by atoms with van der Waals surface area (Å²) in [7, 11) is 0. The van der Waals surface area contributed by atoms with E-state index in [1.165, 1.54) is 0 Å². The van der Waals surface area contributed by atoms with Crippen molar-refractivity contribution in [3.05, 3.63) is 55.0 Å². The zero-order chi connectivity index (χ0) is 9.07. The van der Waals surface area contributed by atoms with Crippen LogP contribution in [0.3, 0.4) is 0 Å². The molecule has 0 unspecified atom stereocenters. The molecule has 2 rings (SSSR count). The van der Waals surface area contributed by atoms with Gasteiger partial charge in [0.25, 0.3) is 0 Å². The summed E-state index contributed by atoms with van der Waals surface area (Å²) in [6, 6.07) is 0. The van der Waals surface area contributed by atoms with Gasteiger partial charge in [0, 0.05) is 0 Å². The number of hydrogen-bond donors (Lipinski definition) is 0. The third-order valence-corrected chi connectivity index (χ3v) is 1.17. The Kier molecular flexibility index (Phi) is 17.1. The molecule has 69 valence electrons. The number of allylic oxidation sites excluding steroid dienone is 8. The second-order valence-electron chi connectivity index (χ2n) is 2.01. The Labute approximate surface area is 100 Å². The Bertz CT molecular complexity index is 148. The Morgan fingerprint density at radius 3 is 1.38 bits per heavy atom. The molecule has 13 heavy (non-hydrogen) atoms. The largest absolute Gasteiger partial charge is 3.00 e. The molecule has 0 saturated carbocycles. The normalized spacial score (nSPS) is 14.0. The van der Waals surface area contributed by atoms with Crippen LogP contribution >= 0.6 is 11.6 Å². The van der Waals surface area contributed by atoms with Crippen molar-refractivity contribution in [3.63, 3.8) is 0 Å². The van der Waals surface area contributed by atoms with Gasteiger partial charge in [-0.15, -0.1) is 12.8 Å². The summed E-state index contributed by atoms with van der Waals surface area (Å²) < 4.78 is 0. The Hall–Kier alpha value is -0.0617. The molecular formula is C11H12ClMo. The molecule has 0 nitrogen and oxygen atoms in total. The minimum Gasteiger partial charge on any atom is -0.352 e. The Morgan fingerprint density at radius 1 is 0.923 bits per heavy atom. The number of rotatable bonds is 0. The van der Waals surface area contributed by atoms with Crippen molar-refractivity contribution in [1.82, 2.24) is 0 Å². The van der Waals surface area contributed by atoms with Crippen LogP contribution in [0, 0.1) is 18.5 Å². The SMILES string of the molecule is [C-]1=CC=CC1.[C-]1=CC=CC1.[CH2-]Cl.[Mo+3]. The van der Waals surface area contributed by atoms with E-state index in [0.29, 0.717) is 0 Å². The van der Waals surface area contributed by atoms with Gasteiger partial charge in [-0.25, -0.2) is 24.3 Å². The fraction of sp³-hybridized carbons (Fsp3) is 0.182. The molecule has 0 atom stereocenters. The Morgan fingerprint density at radius 2 is 1.31 bits per heavy atom. The molecule has 0 saturated heterocycles. The monoisotopic (exact) mass is 277 g/mol. The smallest absolute Gasteiger partial charge is 0.352 e. The van der Waals surface area contributed by atoms with Crippen LogP contribution < -0.4 is 0 Å². The minimum atomic E-state index is 0. The number of halogens is 1. The van der Waals surface area contributed by atoms with Crippen LogP contribution in [0.2, 0.25) is 0 Å². The van der Waals surface area contributed by atoms with E-state index >= 15 is 0 Å². The van der Waals surface area contributed by atoms with Crippen LogP contribution in [0.25, 0.3) is 0 Å². The molecule has 0 bridgehead atoms. The predicted molar refractivity (Wildman–Crippen MR) is 54.4 cm³/mol. The molecule has 0 aromatic heterocycles. The van der Waals surface area contributed by atoms with Crippen LogP contribution in [0.1, 0.15) is 12.8 Å². The van der Waals surface area contributed by atoms with Crippen LogP contribution in [0.15, 0.2) is 36.5 Å². The standard InChI is InChI=1S/2C5H5.CH2Cl.Mo/c2*1-2-4-5-3-1;1-2;/h2*1-3H,4H2;1H2;/q3*-1;+3. The summed E-state index contributed by atoms with van der Waals surface area (Å²) in [5, 5.41) is 0. The van der Waals surface area contributed by atoms with Crippen LogP contribution in [0.4, 0.5) is 0 Å². The first-order valence-electron chi connectivity index (χ1n) is 3.70. The molecule has 2 heteroatoms. The second kappa shape index (κ2) is 14.5. The summed E-state index contributed by atoms with van der Waals surface area (Å²) in [4.78, 5) is 0. The van der Waals surface area contributed by atoms with Crippen LogP contribution in [-0.2, 0) is 21.1 Å². The minimum absolute atomic E-state index is 0. The van der Waals surface area contributed by atoms with Crippen molar-refractivity contribution in [3.8, 4) is 0 Å². The maximum Gasteiger partial charge on any atom is 3.00 e. The van der Waals surface area contributed by atoms with Crippen molar-refractivity contribution in [2.24, 2.45) is 0 Å². The molecule has 0 N–H and O–H groups in total. The van der Waals surface area contributed by atoms with Gasteiger partial charge in [0.05, 0.1) is 0 Å². The summed E-state index contributed by atoms with van der Waals surface area (Å²) in [6.45, 7) is 0. The van der Waals surface area contributed by atoms with Gasteiger partial charge in [-0.2, -0.15) is 12.2 Å². The molecule has 2 aliphatic carbocycles. The van der Waals surface area contributed by atoms with Gasteiger partial charge >= 0.3 is 21.1 Å². The van der Waals surface area contributed by atoms with Crippen molar-refractivity contribution in [1.29, 1.82) is 0 Å². The van der Waals surface area contributed by atoms with E-state index in [2.05, 4.69) is 42.3 Å². The first-order valence-corrected chi connectivity index (χ1v) is 4.24. The molecule has 0 amide bonds. The first kappa shape index (κ1) is 15.4. The summed E-state index contributed by atoms with van der Waals surface area (Å²) >= 11 is 4.39. The third-order valence-electron chi connectivity index (χ3n) is 1.17. The zero-order valence-electron chi connectivity index (χ0n) is 7.37. The van der Waals surface area contributed by atoms with Crippen molar-refractivity contribution in [2.75, 3.05) is 0 Å². The maximum absolute atomic E-state index is 4.39. The Balaban J connectivity index is 0. The van der Waals surface area contributed by atoms with Crippen molar-refractivity contribution in [2.45, 2.75) is 12.8 Å². The van der Waals surface area contributed by atoms with E-state index in [4.69, 9.17) is 0 Å². The molecular weight excluding hydrogens is 264 g/mol. The molecule has 2 aliphatic rings. The van der Waals surface area contributed by atoms with Gasteiger partial charge < -0.3 is 11.6 Å².